The van der Waals surface area contributed by atoms with E-state index < -0.39 is 24.3 Å². The van der Waals surface area contributed by atoms with E-state index in [9.17, 15) is 19.5 Å². The summed E-state index contributed by atoms with van der Waals surface area (Å²) >= 11 is 0. The number of carboxylic acid groups (broad SMARTS) is 1. The second-order valence-electron chi connectivity index (χ2n) is 24.4. The molecule has 0 fully saturated rings. The van der Waals surface area contributed by atoms with Gasteiger partial charge in [0.15, 0.2) is 6.10 Å². The molecule has 2 atom stereocenters. The number of likely N-dealkylation sites (N-methyl/N-ethyl adjacent to an activating group) is 1. The fourth-order valence-corrected chi connectivity index (χ4v) is 9.08. The Kier molecular flexibility index (Phi) is 67.0. The maximum atomic E-state index is 13.0. The van der Waals surface area contributed by atoms with Crippen molar-refractivity contribution in [3.63, 3.8) is 0 Å². The molecule has 9 heteroatoms. The summed E-state index contributed by atoms with van der Waals surface area (Å²) in [5.74, 6) is -2.05. The number of nitrogens with zero attached hydrogens (tertiary/aromatic N) is 1. The Hall–Kier alpha value is -6.13. The molecule has 0 rings (SSSR count). The van der Waals surface area contributed by atoms with Gasteiger partial charge in [-0.15, -0.1) is 0 Å². The van der Waals surface area contributed by atoms with Crippen LogP contribution >= 0.6 is 0 Å². The minimum absolute atomic E-state index is 0.172. The molecule has 93 heavy (non-hydrogen) atoms. The van der Waals surface area contributed by atoms with E-state index in [-0.39, 0.29) is 38.6 Å². The predicted octanol–water partition coefficient (Wildman–Crippen LogP) is 23.1. The molecule has 0 aromatic rings. The van der Waals surface area contributed by atoms with E-state index in [4.69, 9.17) is 18.9 Å². The van der Waals surface area contributed by atoms with Crippen LogP contribution in [0, 0.1) is 0 Å². The lowest BCUT2D eigenvalue weighted by molar-refractivity contribution is -0.870. The molecule has 9 nitrogen and oxygen atoms in total. The van der Waals surface area contributed by atoms with Crippen molar-refractivity contribution in [1.82, 2.24) is 0 Å². The van der Waals surface area contributed by atoms with Gasteiger partial charge in [-0.05, 0) is 148 Å². The van der Waals surface area contributed by atoms with E-state index in [1.165, 1.54) is 44.9 Å². The van der Waals surface area contributed by atoms with E-state index in [1.807, 2.05) is 21.1 Å². The Morgan fingerprint density at radius 1 is 0.323 bits per heavy atom. The highest BCUT2D eigenvalue weighted by atomic mass is 16.7. The Balaban J connectivity index is 4.25. The van der Waals surface area contributed by atoms with Gasteiger partial charge in [0.05, 0.1) is 34.4 Å². The number of quaternary nitrogens is 1. The van der Waals surface area contributed by atoms with Crippen molar-refractivity contribution in [2.75, 3.05) is 47.5 Å². The molecule has 0 aliphatic rings. The molecule has 520 valence electrons. The molecule has 0 radical (unpaired) electrons. The van der Waals surface area contributed by atoms with Crippen molar-refractivity contribution in [3.05, 3.63) is 207 Å². The van der Waals surface area contributed by atoms with Crippen molar-refractivity contribution >= 4 is 17.9 Å². The lowest BCUT2D eigenvalue weighted by Gasteiger charge is -2.25. The molecule has 0 aromatic heterocycles. The van der Waals surface area contributed by atoms with Gasteiger partial charge in [-0.25, -0.2) is 4.79 Å². The normalized spacial score (nSPS) is 13.9. The average Bonchev–Trinajstić information content (AvgIpc) is 3.74. The Morgan fingerprint density at radius 2 is 0.581 bits per heavy atom. The molecule has 0 aliphatic carbocycles. The van der Waals surface area contributed by atoms with Crippen LogP contribution in [0.5, 0.6) is 0 Å². The summed E-state index contributed by atoms with van der Waals surface area (Å²) < 4.78 is 23.0. The number of carbonyl (C=O) groups excluding carboxylic acids is 2. The van der Waals surface area contributed by atoms with Crippen LogP contribution in [-0.2, 0) is 33.3 Å². The molecule has 0 bridgehead atoms. The minimum atomic E-state index is -1.53. The number of hydrogen-bond donors (Lipinski definition) is 1. The predicted molar refractivity (Wildman–Crippen MR) is 400 cm³/mol. The second-order valence-corrected chi connectivity index (χ2v) is 24.4. The first-order valence-corrected chi connectivity index (χ1v) is 36.2. The van der Waals surface area contributed by atoms with E-state index >= 15 is 0 Å². The first kappa shape index (κ1) is 86.9. The van der Waals surface area contributed by atoms with Crippen molar-refractivity contribution in [1.29, 1.82) is 0 Å². The monoisotopic (exact) mass is 1280 g/mol. The van der Waals surface area contributed by atoms with Crippen LogP contribution in [0.15, 0.2) is 207 Å². The number of esters is 2. The van der Waals surface area contributed by atoms with Gasteiger partial charge in [-0.1, -0.05) is 291 Å². The number of ether oxygens (including phenoxy) is 4. The van der Waals surface area contributed by atoms with Crippen molar-refractivity contribution < 1.29 is 42.9 Å². The number of hydrogen-bond acceptors (Lipinski definition) is 7. The summed E-state index contributed by atoms with van der Waals surface area (Å²) in [5, 5.41) is 9.76. The standard InChI is InChI=1S/C84H131NO8/c1-6-8-10-12-14-16-18-20-22-24-26-28-30-32-34-36-38-40-41-43-45-47-49-51-53-55-57-59-61-63-65-67-69-71-73-75-82(87)93-80(79-92-84(83(88)89)90-77-76-85(3,4)5)78-91-81(86)74-72-70-68-66-64-62-60-58-56-54-52-50-48-46-44-42-39-37-35-33-31-29-27-25-23-21-19-17-15-13-11-9-7-2/h8-11,14-17,20-23,26-29,32-35,38-40,42-43,45-46,48-49,51-52,54-55,57,80,84H,6-7,12-13,18-19,24-25,30-31,36-37,41,44,47,50,53,56,58-79H2,1-5H3/p+1/b10-8-,11-9-,16-14-,17-15-,22-20-,23-21-,28-26-,29-27-,34-32-,35-33-,40-38-,42-39-,45-43-,48-46-,51-49-,54-52-,57-55-. The van der Waals surface area contributed by atoms with Gasteiger partial charge in [0, 0.05) is 12.8 Å². The summed E-state index contributed by atoms with van der Waals surface area (Å²) in [4.78, 5) is 37.7. The smallest absolute Gasteiger partial charge is 0.361 e. The number of carbonyl (C=O) groups is 3. The summed E-state index contributed by atoms with van der Waals surface area (Å²) in [6.45, 7) is 4.60. The maximum absolute atomic E-state index is 13.0. The minimum Gasteiger partial charge on any atom is -0.477 e. The van der Waals surface area contributed by atoms with Gasteiger partial charge in [-0.3, -0.25) is 9.59 Å². The molecule has 0 heterocycles. The van der Waals surface area contributed by atoms with Crippen LogP contribution in [0.3, 0.4) is 0 Å². The fourth-order valence-electron chi connectivity index (χ4n) is 9.08. The van der Waals surface area contributed by atoms with Crippen LogP contribution in [-0.4, -0.2) is 87.4 Å². The third-order valence-corrected chi connectivity index (χ3v) is 14.5. The molecule has 0 aromatic carbocycles. The zero-order chi connectivity index (χ0) is 67.5. The van der Waals surface area contributed by atoms with Crippen LogP contribution in [0.25, 0.3) is 0 Å². The molecular formula is C84H132NO8+. The van der Waals surface area contributed by atoms with Gasteiger partial charge in [-0.2, -0.15) is 0 Å². The first-order valence-electron chi connectivity index (χ1n) is 36.2. The third-order valence-electron chi connectivity index (χ3n) is 14.5. The molecule has 1 N–H and O–H groups in total. The van der Waals surface area contributed by atoms with Gasteiger partial charge in [0.25, 0.3) is 6.29 Å². The van der Waals surface area contributed by atoms with Crippen molar-refractivity contribution in [2.24, 2.45) is 0 Å². The van der Waals surface area contributed by atoms with E-state index in [2.05, 4.69) is 220 Å². The first-order chi connectivity index (χ1) is 45.6. The lowest BCUT2D eigenvalue weighted by Crippen LogP contribution is -2.40. The Labute approximate surface area is 569 Å². The van der Waals surface area contributed by atoms with Gasteiger partial charge >= 0.3 is 17.9 Å². The molecule has 2 unspecified atom stereocenters. The topological polar surface area (TPSA) is 108 Å². The lowest BCUT2D eigenvalue weighted by atomic mass is 10.1. The zero-order valence-corrected chi connectivity index (χ0v) is 59.3. The molecule has 0 spiro atoms. The highest BCUT2D eigenvalue weighted by Gasteiger charge is 2.25. The Morgan fingerprint density at radius 3 is 0.860 bits per heavy atom. The van der Waals surface area contributed by atoms with E-state index in [0.29, 0.717) is 17.4 Å². The van der Waals surface area contributed by atoms with E-state index in [0.717, 1.165) is 167 Å². The van der Waals surface area contributed by atoms with Gasteiger partial charge in [0.1, 0.15) is 13.2 Å². The quantitative estimate of drug-likeness (QED) is 0.0211. The number of aliphatic carboxylic acids is 1. The molecule has 0 aliphatic heterocycles. The number of unbranched alkanes of at least 4 members (excludes halogenated alkanes) is 15. The van der Waals surface area contributed by atoms with Gasteiger partial charge in [0.2, 0.25) is 0 Å². The molecule has 0 amide bonds. The zero-order valence-electron chi connectivity index (χ0n) is 59.3. The number of rotatable bonds is 64. The average molecular weight is 1280 g/mol. The number of carboxylic acids is 1. The van der Waals surface area contributed by atoms with E-state index in [1.54, 1.807) is 0 Å². The highest BCUT2D eigenvalue weighted by molar-refractivity contribution is 5.71. The Bertz CT molecular complexity index is 2280. The highest BCUT2D eigenvalue weighted by Crippen LogP contribution is 2.15. The second kappa shape index (κ2) is 71.7. The summed E-state index contributed by atoms with van der Waals surface area (Å²) in [7, 11) is 5.96. The fraction of sp³-hybridized carbons (Fsp3) is 0.560. The molecule has 0 saturated carbocycles. The SMILES string of the molecule is CC/C=C\C/C=C\C/C=C\C/C=C\C/C=C\C/C=C\C/C=C\C/C=C\C/C=C\CCCCCCCCCC(=O)OC(COC(=O)CCCCCCCCCC/C=C\C/C=C\C/C=C\C/C=C\C/C=C\C/C=C\C/C=C\C/C=C\CC)COC(OCC[N+](C)(C)C)C(=O)O. The third kappa shape index (κ3) is 73.1. The molecule has 0 saturated heterocycles. The van der Waals surface area contributed by atoms with Crippen LogP contribution in [0.4, 0.5) is 0 Å². The van der Waals surface area contributed by atoms with Crippen LogP contribution < -0.4 is 0 Å². The van der Waals surface area contributed by atoms with Gasteiger partial charge < -0.3 is 28.5 Å². The van der Waals surface area contributed by atoms with Crippen molar-refractivity contribution in [2.45, 2.75) is 257 Å². The summed E-state index contributed by atoms with van der Waals surface area (Å²) in [6.07, 6.45) is 109. The number of allylic oxidation sites excluding steroid dienone is 34. The molecular weight excluding hydrogens is 1150 g/mol. The largest absolute Gasteiger partial charge is 0.477 e. The summed E-state index contributed by atoms with van der Waals surface area (Å²) in [5.41, 5.74) is 0. The maximum Gasteiger partial charge on any atom is 0.361 e. The van der Waals surface area contributed by atoms with Crippen LogP contribution in [0.1, 0.15) is 245 Å². The summed E-state index contributed by atoms with van der Waals surface area (Å²) in [6, 6.07) is 0. The van der Waals surface area contributed by atoms with Crippen molar-refractivity contribution in [3.8, 4) is 0 Å². The van der Waals surface area contributed by atoms with Crippen LogP contribution in [0.2, 0.25) is 0 Å².